The molecule has 3 rings (SSSR count). The van der Waals surface area contributed by atoms with Crippen molar-refractivity contribution in [3.05, 3.63) is 70.2 Å². The predicted octanol–water partition coefficient (Wildman–Crippen LogP) is 4.34. The van der Waals surface area contributed by atoms with Gasteiger partial charge in [-0.1, -0.05) is 42.8 Å². The molecule has 0 aromatic heterocycles. The molecular formula is C21H23ClN2O2. The molecule has 2 aromatic carbocycles. The number of carbonyl (C=O) groups excluding carboxylic acids is 2. The van der Waals surface area contributed by atoms with Gasteiger partial charge >= 0.3 is 0 Å². The summed E-state index contributed by atoms with van der Waals surface area (Å²) in [5.74, 6) is 0.0970. The largest absolute Gasteiger partial charge is 0.345 e. The molecule has 1 fully saturated rings. The lowest BCUT2D eigenvalue weighted by Gasteiger charge is -2.18. The van der Waals surface area contributed by atoms with Gasteiger partial charge in [0, 0.05) is 30.1 Å². The van der Waals surface area contributed by atoms with Gasteiger partial charge in [-0.05, 0) is 48.2 Å². The van der Waals surface area contributed by atoms with Crippen LogP contribution < -0.4 is 5.32 Å². The van der Waals surface area contributed by atoms with Gasteiger partial charge in [-0.25, -0.2) is 0 Å². The van der Waals surface area contributed by atoms with Crippen molar-refractivity contribution in [1.29, 1.82) is 0 Å². The fourth-order valence-corrected chi connectivity index (χ4v) is 3.44. The van der Waals surface area contributed by atoms with E-state index < -0.39 is 0 Å². The molecule has 4 nitrogen and oxygen atoms in total. The third-order valence-electron chi connectivity index (χ3n) is 4.73. The number of halogens is 1. The minimum Gasteiger partial charge on any atom is -0.345 e. The zero-order valence-corrected chi connectivity index (χ0v) is 15.6. The van der Waals surface area contributed by atoms with Crippen LogP contribution in [0.25, 0.3) is 0 Å². The number of likely N-dealkylation sites (tertiary alicyclic amines) is 1. The number of nitrogens with zero attached hydrogens (tertiary/aromatic N) is 1. The molecule has 1 heterocycles. The molecule has 2 amide bonds. The van der Waals surface area contributed by atoms with Crippen molar-refractivity contribution < 1.29 is 9.59 Å². The van der Waals surface area contributed by atoms with Crippen LogP contribution in [0.5, 0.6) is 0 Å². The number of hydrogen-bond donors (Lipinski definition) is 1. The molecule has 5 heteroatoms. The Kier molecular flexibility index (Phi) is 5.94. The van der Waals surface area contributed by atoms with Crippen LogP contribution in [0.4, 0.5) is 0 Å². The number of nitrogens with one attached hydrogen (secondary N) is 1. The maximum absolute atomic E-state index is 12.6. The van der Waals surface area contributed by atoms with Gasteiger partial charge in [0.25, 0.3) is 5.91 Å². The normalized spacial score (nSPS) is 15.2. The second kappa shape index (κ2) is 8.37. The zero-order valence-electron chi connectivity index (χ0n) is 14.9. The van der Waals surface area contributed by atoms with Crippen molar-refractivity contribution in [3.63, 3.8) is 0 Å². The highest BCUT2D eigenvalue weighted by Crippen LogP contribution is 2.21. The Morgan fingerprint density at radius 3 is 2.62 bits per heavy atom. The van der Waals surface area contributed by atoms with Crippen LogP contribution in [0.15, 0.2) is 48.5 Å². The van der Waals surface area contributed by atoms with Crippen molar-refractivity contribution in [1.82, 2.24) is 10.2 Å². The van der Waals surface area contributed by atoms with Crippen LogP contribution in [-0.2, 0) is 11.3 Å². The fourth-order valence-electron chi connectivity index (χ4n) is 3.24. The van der Waals surface area contributed by atoms with Crippen LogP contribution >= 0.6 is 11.6 Å². The first-order valence-corrected chi connectivity index (χ1v) is 9.37. The van der Waals surface area contributed by atoms with Crippen molar-refractivity contribution in [2.75, 3.05) is 6.54 Å². The first kappa shape index (κ1) is 18.5. The van der Waals surface area contributed by atoms with E-state index in [1.807, 2.05) is 60.4 Å². The van der Waals surface area contributed by atoms with Crippen molar-refractivity contribution >= 4 is 23.4 Å². The highest BCUT2D eigenvalue weighted by Gasteiger charge is 2.20. The molecule has 0 radical (unpaired) electrons. The quantitative estimate of drug-likeness (QED) is 0.822. The summed E-state index contributed by atoms with van der Waals surface area (Å²) < 4.78 is 0. The van der Waals surface area contributed by atoms with Crippen LogP contribution in [0.1, 0.15) is 53.7 Å². The smallest absolute Gasteiger partial charge is 0.251 e. The molecule has 2 aromatic rings. The number of benzene rings is 2. The van der Waals surface area contributed by atoms with Gasteiger partial charge in [0.15, 0.2) is 0 Å². The second-order valence-corrected chi connectivity index (χ2v) is 7.04. The zero-order chi connectivity index (χ0) is 18.5. The molecule has 1 unspecified atom stereocenters. The highest BCUT2D eigenvalue weighted by molar-refractivity contribution is 6.30. The van der Waals surface area contributed by atoms with Gasteiger partial charge in [-0.15, -0.1) is 0 Å². The van der Waals surface area contributed by atoms with Gasteiger partial charge in [0.05, 0.1) is 6.04 Å². The summed E-state index contributed by atoms with van der Waals surface area (Å²) in [6, 6.07) is 14.9. The third kappa shape index (κ3) is 4.44. The molecule has 0 spiro atoms. The molecule has 136 valence electrons. The molecule has 1 aliphatic rings. The number of amides is 2. The van der Waals surface area contributed by atoms with Crippen LogP contribution in [-0.4, -0.2) is 23.3 Å². The minimum absolute atomic E-state index is 0.0805. The Morgan fingerprint density at radius 1 is 1.23 bits per heavy atom. The maximum atomic E-state index is 12.6. The molecule has 1 saturated heterocycles. The van der Waals surface area contributed by atoms with Crippen molar-refractivity contribution in [2.45, 2.75) is 38.8 Å². The van der Waals surface area contributed by atoms with E-state index in [1.165, 1.54) is 0 Å². The molecular weight excluding hydrogens is 348 g/mol. The average molecular weight is 371 g/mol. The Labute approximate surface area is 159 Å². The number of carbonyl (C=O) groups is 2. The summed E-state index contributed by atoms with van der Waals surface area (Å²) in [7, 11) is 0. The maximum Gasteiger partial charge on any atom is 0.251 e. The molecule has 1 atom stereocenters. The Bertz CT molecular complexity index is 789. The Balaban J connectivity index is 1.64. The van der Waals surface area contributed by atoms with Gasteiger partial charge in [0.1, 0.15) is 0 Å². The average Bonchev–Trinajstić information content (AvgIpc) is 3.05. The topological polar surface area (TPSA) is 49.4 Å². The standard InChI is InChI=1S/C21H23ClN2O2/c1-2-19(17-5-3-6-18(22)13-17)23-21(26)16-10-8-15(9-11-16)14-24-12-4-7-20(24)25/h3,5-6,8-11,13,19H,2,4,7,12,14H2,1H3,(H,23,26). The number of hydrogen-bond acceptors (Lipinski definition) is 2. The SMILES string of the molecule is CCC(NC(=O)c1ccc(CN2CCCC2=O)cc1)c1cccc(Cl)c1. The van der Waals surface area contributed by atoms with Crippen LogP contribution in [0.3, 0.4) is 0 Å². The van der Waals surface area contributed by atoms with E-state index in [1.54, 1.807) is 0 Å². The van der Waals surface area contributed by atoms with E-state index in [4.69, 9.17) is 11.6 Å². The molecule has 0 bridgehead atoms. The van der Waals surface area contributed by atoms with Crippen LogP contribution in [0, 0.1) is 0 Å². The van der Waals surface area contributed by atoms with E-state index in [0.29, 0.717) is 23.6 Å². The Morgan fingerprint density at radius 2 is 2.00 bits per heavy atom. The molecule has 1 N–H and O–H groups in total. The lowest BCUT2D eigenvalue weighted by molar-refractivity contribution is -0.128. The molecule has 1 aliphatic heterocycles. The van der Waals surface area contributed by atoms with Gasteiger partial charge in [-0.3, -0.25) is 9.59 Å². The van der Waals surface area contributed by atoms with Crippen molar-refractivity contribution in [2.24, 2.45) is 0 Å². The monoisotopic (exact) mass is 370 g/mol. The summed E-state index contributed by atoms with van der Waals surface area (Å²) in [6.45, 7) is 3.46. The first-order chi connectivity index (χ1) is 12.6. The third-order valence-corrected chi connectivity index (χ3v) is 4.96. The lowest BCUT2D eigenvalue weighted by Crippen LogP contribution is -2.28. The molecule has 0 aliphatic carbocycles. The fraction of sp³-hybridized carbons (Fsp3) is 0.333. The summed E-state index contributed by atoms with van der Waals surface area (Å²) >= 11 is 6.06. The summed E-state index contributed by atoms with van der Waals surface area (Å²) in [5, 5.41) is 3.73. The second-order valence-electron chi connectivity index (χ2n) is 6.61. The Hall–Kier alpha value is -2.33. The van der Waals surface area contributed by atoms with E-state index in [9.17, 15) is 9.59 Å². The van der Waals surface area contributed by atoms with Gasteiger partial charge in [0.2, 0.25) is 5.91 Å². The van der Waals surface area contributed by atoms with Crippen LogP contribution in [0.2, 0.25) is 5.02 Å². The first-order valence-electron chi connectivity index (χ1n) is 9.00. The van der Waals surface area contributed by atoms with E-state index >= 15 is 0 Å². The van der Waals surface area contributed by atoms with E-state index in [2.05, 4.69) is 5.32 Å². The molecule has 26 heavy (non-hydrogen) atoms. The van der Waals surface area contributed by atoms with E-state index in [0.717, 1.165) is 30.5 Å². The predicted molar refractivity (Wildman–Crippen MR) is 103 cm³/mol. The molecule has 0 saturated carbocycles. The summed E-state index contributed by atoms with van der Waals surface area (Å²) in [6.07, 6.45) is 2.35. The summed E-state index contributed by atoms with van der Waals surface area (Å²) in [4.78, 5) is 26.2. The highest BCUT2D eigenvalue weighted by atomic mass is 35.5. The summed E-state index contributed by atoms with van der Waals surface area (Å²) in [5.41, 5.74) is 2.65. The van der Waals surface area contributed by atoms with Crippen molar-refractivity contribution in [3.8, 4) is 0 Å². The van der Waals surface area contributed by atoms with Gasteiger partial charge < -0.3 is 10.2 Å². The van der Waals surface area contributed by atoms with E-state index in [-0.39, 0.29) is 17.9 Å². The van der Waals surface area contributed by atoms with Gasteiger partial charge in [-0.2, -0.15) is 0 Å². The lowest BCUT2D eigenvalue weighted by atomic mass is 10.0. The minimum atomic E-state index is -0.111. The number of rotatable bonds is 6.